The molecule has 1 aromatic heterocycles. The fourth-order valence-corrected chi connectivity index (χ4v) is 3.21. The highest BCUT2D eigenvalue weighted by Crippen LogP contribution is 2.26. The van der Waals surface area contributed by atoms with E-state index >= 15 is 0 Å². The zero-order valence-electron chi connectivity index (χ0n) is 16.0. The highest BCUT2D eigenvalue weighted by Gasteiger charge is 2.32. The van der Waals surface area contributed by atoms with Crippen molar-refractivity contribution >= 4 is 28.7 Å². The lowest BCUT2D eigenvalue weighted by Crippen LogP contribution is -2.45. The van der Waals surface area contributed by atoms with Crippen LogP contribution in [-0.2, 0) is 14.3 Å². The highest BCUT2D eigenvalue weighted by molar-refractivity contribution is 5.98. The van der Waals surface area contributed by atoms with Crippen LogP contribution >= 0.6 is 0 Å². The summed E-state index contributed by atoms with van der Waals surface area (Å²) in [5.41, 5.74) is 0.852. The number of hydrogen-bond donors (Lipinski definition) is 0. The molecule has 0 atom stereocenters. The van der Waals surface area contributed by atoms with E-state index < -0.39 is 5.97 Å². The Balaban J connectivity index is 1.78. The van der Waals surface area contributed by atoms with Gasteiger partial charge in [0.25, 0.3) is 5.91 Å². The van der Waals surface area contributed by atoms with Crippen molar-refractivity contribution < 1.29 is 23.9 Å². The lowest BCUT2D eigenvalue weighted by atomic mass is 10.1. The second kappa shape index (κ2) is 8.69. The number of para-hydroxylation sites is 1. The molecule has 1 aliphatic heterocycles. The number of esters is 1. The summed E-state index contributed by atoms with van der Waals surface area (Å²) in [6, 6.07) is 8.98. The second-order valence-corrected chi connectivity index (χ2v) is 6.33. The summed E-state index contributed by atoms with van der Waals surface area (Å²) in [6.45, 7) is 2.83. The van der Waals surface area contributed by atoms with Crippen LogP contribution in [0.4, 0.5) is 0 Å². The van der Waals surface area contributed by atoms with Gasteiger partial charge in [-0.2, -0.15) is 0 Å². The van der Waals surface area contributed by atoms with Gasteiger partial charge >= 0.3 is 5.97 Å². The number of nitrogens with zero attached hydrogens (tertiary/aromatic N) is 3. The first-order valence-electron chi connectivity index (χ1n) is 9.26. The number of benzene rings is 1. The van der Waals surface area contributed by atoms with Crippen molar-refractivity contribution in [2.24, 2.45) is 0 Å². The predicted molar refractivity (Wildman–Crippen MR) is 102 cm³/mol. The predicted octanol–water partition coefficient (Wildman–Crippen LogP) is 2.18. The van der Waals surface area contributed by atoms with Crippen molar-refractivity contribution in [1.82, 2.24) is 15.0 Å². The van der Waals surface area contributed by atoms with E-state index in [9.17, 15) is 14.4 Å². The molecule has 2 heterocycles. The van der Waals surface area contributed by atoms with Crippen LogP contribution in [0.1, 0.15) is 36.7 Å². The average molecular weight is 385 g/mol. The number of fused-ring (bicyclic) bond motifs is 1. The van der Waals surface area contributed by atoms with Crippen LogP contribution in [0.15, 0.2) is 30.3 Å². The summed E-state index contributed by atoms with van der Waals surface area (Å²) in [5, 5.41) is 3.60. The number of methoxy groups -OCH3 is 1. The Labute approximate surface area is 163 Å². The van der Waals surface area contributed by atoms with Crippen molar-refractivity contribution in [3.05, 3.63) is 36.0 Å². The minimum Gasteiger partial charge on any atom is -0.496 e. The van der Waals surface area contributed by atoms with E-state index in [1.54, 1.807) is 19.1 Å². The van der Waals surface area contributed by atoms with Gasteiger partial charge < -0.3 is 9.47 Å². The number of carbonyl (C=O) groups excluding carboxylic acids is 3. The number of rotatable bonds is 6. The van der Waals surface area contributed by atoms with Crippen LogP contribution in [0.2, 0.25) is 0 Å². The summed E-state index contributed by atoms with van der Waals surface area (Å²) in [5.74, 6) is -0.528. The fraction of sp³-hybridized carbons (Fsp3) is 0.400. The molecule has 0 aliphatic carbocycles. The molecule has 3 rings (SSSR count). The normalized spacial score (nSPS) is 13.6. The minimum atomic E-state index is -0.422. The topological polar surface area (TPSA) is 89.0 Å². The van der Waals surface area contributed by atoms with Gasteiger partial charge in [0.15, 0.2) is 0 Å². The van der Waals surface area contributed by atoms with E-state index in [-0.39, 0.29) is 37.0 Å². The molecule has 1 aliphatic rings. The molecule has 0 unspecified atom stereocenters. The van der Waals surface area contributed by atoms with Gasteiger partial charge in [0.1, 0.15) is 11.4 Å². The van der Waals surface area contributed by atoms with Crippen molar-refractivity contribution in [2.75, 3.05) is 26.8 Å². The van der Waals surface area contributed by atoms with Gasteiger partial charge in [0.2, 0.25) is 5.91 Å². The number of hydrazine groups is 1. The quantitative estimate of drug-likeness (QED) is 0.708. The van der Waals surface area contributed by atoms with E-state index in [1.807, 2.05) is 18.2 Å². The summed E-state index contributed by atoms with van der Waals surface area (Å²) in [6.07, 6.45) is 0.659. The molecule has 1 saturated heterocycles. The lowest BCUT2D eigenvalue weighted by Gasteiger charge is -2.27. The van der Waals surface area contributed by atoms with Gasteiger partial charge in [0.05, 0.1) is 25.7 Å². The van der Waals surface area contributed by atoms with E-state index in [1.165, 1.54) is 17.1 Å². The van der Waals surface area contributed by atoms with Crippen molar-refractivity contribution in [2.45, 2.75) is 26.2 Å². The Bertz CT molecular complexity index is 899. The summed E-state index contributed by atoms with van der Waals surface area (Å²) in [4.78, 5) is 41.5. The molecule has 0 bridgehead atoms. The van der Waals surface area contributed by atoms with Crippen molar-refractivity contribution in [1.29, 1.82) is 0 Å². The lowest BCUT2D eigenvalue weighted by molar-refractivity contribution is -0.148. The monoisotopic (exact) mass is 385 g/mol. The smallest absolute Gasteiger partial charge is 0.306 e. The number of hydrogen-bond acceptors (Lipinski definition) is 6. The molecule has 1 aromatic carbocycles. The Morgan fingerprint density at radius 2 is 1.86 bits per heavy atom. The molecule has 0 N–H and O–H groups in total. The Morgan fingerprint density at radius 1 is 1.11 bits per heavy atom. The fourth-order valence-electron chi connectivity index (χ4n) is 3.21. The third-order valence-electron chi connectivity index (χ3n) is 4.52. The highest BCUT2D eigenvalue weighted by atomic mass is 16.5. The second-order valence-electron chi connectivity index (χ2n) is 6.33. The van der Waals surface area contributed by atoms with E-state index in [0.29, 0.717) is 30.8 Å². The minimum absolute atomic E-state index is 0.00289. The Kier molecular flexibility index (Phi) is 6.08. The zero-order chi connectivity index (χ0) is 20.1. The molecular weight excluding hydrogens is 362 g/mol. The summed E-state index contributed by atoms with van der Waals surface area (Å²) < 4.78 is 10.3. The average Bonchev–Trinajstić information content (AvgIpc) is 3.20. The van der Waals surface area contributed by atoms with Crippen LogP contribution in [0.3, 0.4) is 0 Å². The molecule has 8 nitrogen and oxygen atoms in total. The molecular formula is C20H23N3O5. The van der Waals surface area contributed by atoms with Crippen LogP contribution < -0.4 is 4.74 Å². The zero-order valence-corrected chi connectivity index (χ0v) is 16.0. The molecule has 8 heteroatoms. The third kappa shape index (κ3) is 4.05. The van der Waals surface area contributed by atoms with Gasteiger partial charge in [0, 0.05) is 31.0 Å². The molecule has 1 fully saturated rings. The van der Waals surface area contributed by atoms with Gasteiger partial charge in [-0.25, -0.2) is 9.99 Å². The number of pyridine rings is 1. The maximum absolute atomic E-state index is 13.0. The Morgan fingerprint density at radius 3 is 2.61 bits per heavy atom. The van der Waals surface area contributed by atoms with Gasteiger partial charge in [-0.1, -0.05) is 12.1 Å². The Hall–Kier alpha value is -3.16. The molecule has 2 amide bonds. The van der Waals surface area contributed by atoms with E-state index in [2.05, 4.69) is 4.98 Å². The first-order valence-corrected chi connectivity index (χ1v) is 9.26. The van der Waals surface area contributed by atoms with Crippen molar-refractivity contribution in [3.63, 3.8) is 0 Å². The van der Waals surface area contributed by atoms with Crippen LogP contribution in [0, 0.1) is 0 Å². The standard InChI is InChI=1S/C20H23N3O5/c1-3-28-19(25)10-9-18(24)22-11-6-12-23(22)20(26)16-13-17(27-2)14-7-4-5-8-15(14)21-16/h4-5,7-8,13H,3,6,9-12H2,1-2H3. The number of ether oxygens (including phenoxy) is 2. The largest absolute Gasteiger partial charge is 0.496 e. The molecule has 2 aromatic rings. The van der Waals surface area contributed by atoms with Gasteiger partial charge in [-0.05, 0) is 25.5 Å². The number of carbonyl (C=O) groups is 3. The van der Waals surface area contributed by atoms with Crippen LogP contribution in [-0.4, -0.2) is 59.6 Å². The molecule has 0 spiro atoms. The third-order valence-corrected chi connectivity index (χ3v) is 4.52. The van der Waals surface area contributed by atoms with E-state index in [0.717, 1.165) is 5.39 Å². The molecule has 148 valence electrons. The maximum Gasteiger partial charge on any atom is 0.306 e. The van der Waals surface area contributed by atoms with Crippen LogP contribution in [0.25, 0.3) is 10.9 Å². The number of amides is 2. The summed E-state index contributed by atoms with van der Waals surface area (Å²) >= 11 is 0. The van der Waals surface area contributed by atoms with Gasteiger partial charge in [-0.3, -0.25) is 19.4 Å². The van der Waals surface area contributed by atoms with E-state index in [4.69, 9.17) is 9.47 Å². The first kappa shape index (κ1) is 19.6. The number of aromatic nitrogens is 1. The molecule has 0 radical (unpaired) electrons. The van der Waals surface area contributed by atoms with Crippen LogP contribution in [0.5, 0.6) is 5.75 Å². The maximum atomic E-state index is 13.0. The SMILES string of the molecule is CCOC(=O)CCC(=O)N1CCCN1C(=O)c1cc(OC)c2ccccc2n1. The first-order chi connectivity index (χ1) is 13.5. The molecule has 0 saturated carbocycles. The summed E-state index contributed by atoms with van der Waals surface area (Å²) in [7, 11) is 1.54. The molecule has 28 heavy (non-hydrogen) atoms. The van der Waals surface area contributed by atoms with Gasteiger partial charge in [-0.15, -0.1) is 0 Å². The van der Waals surface area contributed by atoms with Crippen molar-refractivity contribution in [3.8, 4) is 5.75 Å².